The van der Waals surface area contributed by atoms with Gasteiger partial charge < -0.3 is 15.1 Å². The van der Waals surface area contributed by atoms with Crippen LogP contribution in [0.15, 0.2) is 0 Å². The molecule has 1 heterocycles. The zero-order chi connectivity index (χ0) is 14.4. The summed E-state index contributed by atoms with van der Waals surface area (Å²) in [5, 5.41) is 3.27. The van der Waals surface area contributed by atoms with Gasteiger partial charge in [-0.05, 0) is 39.7 Å². The second kappa shape index (κ2) is 7.48. The maximum absolute atomic E-state index is 12.4. The summed E-state index contributed by atoms with van der Waals surface area (Å²) in [6.45, 7) is 8.06. The van der Waals surface area contributed by atoms with Crippen LogP contribution in [0.4, 0.5) is 0 Å². The molecule has 1 rings (SSSR count). The minimum atomic E-state index is -0.358. The normalized spacial score (nSPS) is 21.4. The van der Waals surface area contributed by atoms with Crippen molar-refractivity contribution >= 4 is 11.8 Å². The zero-order valence-corrected chi connectivity index (χ0v) is 12.6. The van der Waals surface area contributed by atoms with Crippen LogP contribution in [-0.2, 0) is 9.59 Å². The van der Waals surface area contributed by atoms with E-state index in [-0.39, 0.29) is 23.9 Å². The highest BCUT2D eigenvalue weighted by Gasteiger charge is 2.34. The maximum Gasteiger partial charge on any atom is 0.244 e. The molecule has 2 amide bonds. The number of carbonyl (C=O) groups is 2. The number of hydrogen-bond acceptors (Lipinski definition) is 3. The molecule has 19 heavy (non-hydrogen) atoms. The molecule has 1 N–H and O–H groups in total. The molecule has 110 valence electrons. The third kappa shape index (κ3) is 3.93. The fourth-order valence-electron chi connectivity index (χ4n) is 2.40. The SMILES string of the molecule is CCCNC1CCCN(C(C)C(=O)N(C)CC)C1=O. The minimum absolute atomic E-state index is 0.0204. The quantitative estimate of drug-likeness (QED) is 0.777. The summed E-state index contributed by atoms with van der Waals surface area (Å²) < 4.78 is 0. The Hall–Kier alpha value is -1.10. The number of nitrogens with one attached hydrogen (secondary N) is 1. The van der Waals surface area contributed by atoms with Gasteiger partial charge in [0.2, 0.25) is 11.8 Å². The Morgan fingerprint density at radius 2 is 2.21 bits per heavy atom. The van der Waals surface area contributed by atoms with E-state index in [1.807, 2.05) is 13.8 Å². The molecule has 5 nitrogen and oxygen atoms in total. The van der Waals surface area contributed by atoms with Crippen LogP contribution in [0, 0.1) is 0 Å². The maximum atomic E-state index is 12.4. The van der Waals surface area contributed by atoms with E-state index in [2.05, 4.69) is 12.2 Å². The smallest absolute Gasteiger partial charge is 0.244 e. The first kappa shape index (κ1) is 16.0. The first-order valence-corrected chi connectivity index (χ1v) is 7.31. The second-order valence-electron chi connectivity index (χ2n) is 5.21. The number of likely N-dealkylation sites (N-methyl/N-ethyl adjacent to an activating group) is 1. The van der Waals surface area contributed by atoms with E-state index in [9.17, 15) is 9.59 Å². The van der Waals surface area contributed by atoms with Crippen LogP contribution in [0.1, 0.15) is 40.0 Å². The highest BCUT2D eigenvalue weighted by molar-refractivity contribution is 5.90. The number of likely N-dealkylation sites (tertiary alicyclic amines) is 1. The average molecular weight is 269 g/mol. The lowest BCUT2D eigenvalue weighted by molar-refractivity contribution is -0.147. The van der Waals surface area contributed by atoms with Crippen LogP contribution in [0.2, 0.25) is 0 Å². The Kier molecular flexibility index (Phi) is 6.28. The molecule has 1 aliphatic rings. The molecule has 0 aromatic heterocycles. The Bertz CT molecular complexity index is 320. The van der Waals surface area contributed by atoms with Gasteiger partial charge in [-0.2, -0.15) is 0 Å². The lowest BCUT2D eigenvalue weighted by Crippen LogP contribution is -2.57. The molecular formula is C14H27N3O2. The Morgan fingerprint density at radius 1 is 1.53 bits per heavy atom. The van der Waals surface area contributed by atoms with Crippen LogP contribution in [0.25, 0.3) is 0 Å². The Labute approximate surface area is 116 Å². The molecule has 1 saturated heterocycles. The first-order valence-electron chi connectivity index (χ1n) is 7.31. The van der Waals surface area contributed by atoms with Gasteiger partial charge in [0.05, 0.1) is 6.04 Å². The third-order valence-corrected chi connectivity index (χ3v) is 3.79. The molecule has 0 aliphatic carbocycles. The van der Waals surface area contributed by atoms with Gasteiger partial charge in [0.25, 0.3) is 0 Å². The monoisotopic (exact) mass is 269 g/mol. The lowest BCUT2D eigenvalue weighted by atomic mass is 10.0. The molecule has 0 aromatic rings. The molecular weight excluding hydrogens is 242 g/mol. The molecule has 0 aromatic carbocycles. The number of amides is 2. The second-order valence-corrected chi connectivity index (χ2v) is 5.21. The molecule has 1 fully saturated rings. The lowest BCUT2D eigenvalue weighted by Gasteiger charge is -2.37. The Morgan fingerprint density at radius 3 is 2.79 bits per heavy atom. The highest BCUT2D eigenvalue weighted by Crippen LogP contribution is 2.16. The third-order valence-electron chi connectivity index (χ3n) is 3.79. The van der Waals surface area contributed by atoms with E-state index in [0.29, 0.717) is 13.1 Å². The van der Waals surface area contributed by atoms with Crippen molar-refractivity contribution in [1.29, 1.82) is 0 Å². The van der Waals surface area contributed by atoms with E-state index < -0.39 is 0 Å². The van der Waals surface area contributed by atoms with Gasteiger partial charge in [0, 0.05) is 20.1 Å². The van der Waals surface area contributed by atoms with Crippen LogP contribution in [0.3, 0.4) is 0 Å². The zero-order valence-electron chi connectivity index (χ0n) is 12.6. The number of carbonyl (C=O) groups excluding carboxylic acids is 2. The predicted octanol–water partition coefficient (Wildman–Crippen LogP) is 0.844. The molecule has 0 spiro atoms. The topological polar surface area (TPSA) is 52.7 Å². The van der Waals surface area contributed by atoms with Crippen molar-refractivity contribution in [2.45, 2.75) is 52.1 Å². The van der Waals surface area contributed by atoms with Crippen molar-refractivity contribution in [1.82, 2.24) is 15.1 Å². The summed E-state index contributed by atoms with van der Waals surface area (Å²) in [6.07, 6.45) is 2.84. The summed E-state index contributed by atoms with van der Waals surface area (Å²) >= 11 is 0. The summed E-state index contributed by atoms with van der Waals surface area (Å²) in [5.74, 6) is 0.0945. The van der Waals surface area contributed by atoms with Gasteiger partial charge in [-0.25, -0.2) is 0 Å². The number of piperidine rings is 1. The highest BCUT2D eigenvalue weighted by atomic mass is 16.2. The van der Waals surface area contributed by atoms with Crippen LogP contribution < -0.4 is 5.32 Å². The first-order chi connectivity index (χ1) is 9.02. The fraction of sp³-hybridized carbons (Fsp3) is 0.857. The van der Waals surface area contributed by atoms with E-state index in [0.717, 1.165) is 25.8 Å². The summed E-state index contributed by atoms with van der Waals surface area (Å²) in [7, 11) is 1.78. The standard InChI is InChI=1S/C14H27N3O2/c1-5-9-15-12-8-7-10-17(14(12)19)11(3)13(18)16(4)6-2/h11-12,15H,5-10H2,1-4H3. The van der Waals surface area contributed by atoms with E-state index in [1.165, 1.54) is 0 Å². The minimum Gasteiger partial charge on any atom is -0.344 e. The van der Waals surface area contributed by atoms with Crippen molar-refractivity contribution < 1.29 is 9.59 Å². The largest absolute Gasteiger partial charge is 0.344 e. The summed E-state index contributed by atoms with van der Waals surface area (Å²) in [4.78, 5) is 27.9. The molecule has 2 atom stereocenters. The molecule has 0 saturated carbocycles. The van der Waals surface area contributed by atoms with Crippen molar-refractivity contribution in [3.8, 4) is 0 Å². The van der Waals surface area contributed by atoms with Crippen LogP contribution in [0.5, 0.6) is 0 Å². The number of nitrogens with zero attached hydrogens (tertiary/aromatic N) is 2. The van der Waals surface area contributed by atoms with Crippen molar-refractivity contribution in [3.05, 3.63) is 0 Å². The van der Waals surface area contributed by atoms with E-state index in [4.69, 9.17) is 0 Å². The fourth-order valence-corrected chi connectivity index (χ4v) is 2.40. The summed E-state index contributed by atoms with van der Waals surface area (Å²) in [6, 6.07) is -0.473. The predicted molar refractivity (Wildman–Crippen MR) is 75.8 cm³/mol. The molecule has 0 bridgehead atoms. The van der Waals surface area contributed by atoms with Gasteiger partial charge >= 0.3 is 0 Å². The van der Waals surface area contributed by atoms with Crippen molar-refractivity contribution in [3.63, 3.8) is 0 Å². The molecule has 1 aliphatic heterocycles. The van der Waals surface area contributed by atoms with E-state index in [1.54, 1.807) is 16.8 Å². The van der Waals surface area contributed by atoms with E-state index >= 15 is 0 Å². The van der Waals surface area contributed by atoms with Gasteiger partial charge in [0.15, 0.2) is 0 Å². The summed E-state index contributed by atoms with van der Waals surface area (Å²) in [5.41, 5.74) is 0. The molecule has 0 radical (unpaired) electrons. The molecule has 2 unspecified atom stereocenters. The average Bonchev–Trinajstić information content (AvgIpc) is 2.43. The van der Waals surface area contributed by atoms with Gasteiger partial charge in [-0.3, -0.25) is 9.59 Å². The number of hydrogen-bond donors (Lipinski definition) is 1. The number of rotatable bonds is 6. The van der Waals surface area contributed by atoms with Crippen molar-refractivity contribution in [2.75, 3.05) is 26.7 Å². The Balaban J connectivity index is 2.66. The van der Waals surface area contributed by atoms with Gasteiger partial charge in [0.1, 0.15) is 6.04 Å². The molecule has 5 heteroatoms. The van der Waals surface area contributed by atoms with Gasteiger partial charge in [-0.1, -0.05) is 6.92 Å². The van der Waals surface area contributed by atoms with Crippen LogP contribution >= 0.6 is 0 Å². The van der Waals surface area contributed by atoms with Crippen LogP contribution in [-0.4, -0.2) is 60.4 Å². The van der Waals surface area contributed by atoms with Gasteiger partial charge in [-0.15, -0.1) is 0 Å². The van der Waals surface area contributed by atoms with Crippen molar-refractivity contribution in [2.24, 2.45) is 0 Å².